The predicted octanol–water partition coefficient (Wildman–Crippen LogP) is 2.89. The van der Waals surface area contributed by atoms with Gasteiger partial charge >= 0.3 is 5.97 Å². The molecule has 0 saturated heterocycles. The molecule has 1 aliphatic heterocycles. The fraction of sp³-hybridized carbons (Fsp3) is 0.176. The van der Waals surface area contributed by atoms with Crippen molar-refractivity contribution in [2.24, 2.45) is 0 Å². The van der Waals surface area contributed by atoms with Gasteiger partial charge in [0.1, 0.15) is 0 Å². The average molecular weight is 313 g/mol. The second-order valence-electron chi connectivity index (χ2n) is 4.88. The van der Waals surface area contributed by atoms with Crippen molar-refractivity contribution in [3.8, 4) is 0 Å². The van der Waals surface area contributed by atoms with Crippen LogP contribution in [0.25, 0.3) is 6.08 Å². The van der Waals surface area contributed by atoms with Gasteiger partial charge in [0.2, 0.25) is 0 Å². The van der Waals surface area contributed by atoms with E-state index in [4.69, 9.17) is 4.74 Å². The lowest BCUT2D eigenvalue weighted by molar-refractivity contribution is -0.142. The normalized spacial score (nSPS) is 13.4. The van der Waals surface area contributed by atoms with Crippen molar-refractivity contribution in [3.63, 3.8) is 0 Å². The van der Waals surface area contributed by atoms with E-state index in [0.29, 0.717) is 6.54 Å². The van der Waals surface area contributed by atoms with Gasteiger partial charge in [0, 0.05) is 23.2 Å². The van der Waals surface area contributed by atoms with Crippen LogP contribution in [0.4, 0.5) is 5.69 Å². The fourth-order valence-electron chi connectivity index (χ4n) is 2.39. The Labute approximate surface area is 132 Å². The van der Waals surface area contributed by atoms with Gasteiger partial charge in [0.25, 0.3) is 5.91 Å². The highest BCUT2D eigenvalue weighted by atomic mass is 32.1. The maximum atomic E-state index is 12.2. The highest BCUT2D eigenvalue weighted by Crippen LogP contribution is 2.27. The van der Waals surface area contributed by atoms with E-state index in [0.717, 1.165) is 22.5 Å². The van der Waals surface area contributed by atoms with Crippen LogP contribution in [0.2, 0.25) is 0 Å². The molecule has 0 spiro atoms. The van der Waals surface area contributed by atoms with Gasteiger partial charge < -0.3 is 9.64 Å². The van der Waals surface area contributed by atoms with E-state index < -0.39 is 5.97 Å². The zero-order valence-corrected chi connectivity index (χ0v) is 12.7. The fourth-order valence-corrected chi connectivity index (χ4v) is 3.01. The van der Waals surface area contributed by atoms with E-state index in [1.165, 1.54) is 17.4 Å². The number of benzene rings is 1. The number of para-hydroxylation sites is 1. The Morgan fingerprint density at radius 2 is 2.09 bits per heavy atom. The molecule has 0 atom stereocenters. The lowest BCUT2D eigenvalue weighted by Gasteiger charge is -2.16. The molecule has 0 bridgehead atoms. The van der Waals surface area contributed by atoms with Crippen LogP contribution in [0.5, 0.6) is 0 Å². The minimum absolute atomic E-state index is 0.192. The van der Waals surface area contributed by atoms with Gasteiger partial charge in [0.15, 0.2) is 6.61 Å². The number of ether oxygens (including phenoxy) is 1. The summed E-state index contributed by atoms with van der Waals surface area (Å²) in [7, 11) is 0. The quantitative estimate of drug-likeness (QED) is 0.644. The number of fused-ring (bicyclic) bond motifs is 1. The summed E-state index contributed by atoms with van der Waals surface area (Å²) in [5.41, 5.74) is 2.07. The van der Waals surface area contributed by atoms with Crippen LogP contribution in [0.15, 0.2) is 47.9 Å². The maximum absolute atomic E-state index is 12.2. The van der Waals surface area contributed by atoms with Crippen molar-refractivity contribution in [3.05, 3.63) is 58.3 Å². The first kappa shape index (κ1) is 14.5. The number of carbonyl (C=O) groups excluding carboxylic acids is 2. The summed E-state index contributed by atoms with van der Waals surface area (Å²) in [6.07, 6.45) is 3.87. The second-order valence-corrected chi connectivity index (χ2v) is 5.86. The molecule has 1 aromatic heterocycles. The summed E-state index contributed by atoms with van der Waals surface area (Å²) in [4.78, 5) is 26.4. The lowest BCUT2D eigenvalue weighted by atomic mass is 10.2. The molecule has 2 aromatic rings. The zero-order chi connectivity index (χ0) is 15.4. The number of anilines is 1. The first-order valence-electron chi connectivity index (χ1n) is 7.00. The SMILES string of the molecule is O=C(C=Cc1cccs1)OCC(=O)N1CCc2ccccc21. The van der Waals surface area contributed by atoms with Crippen molar-refractivity contribution in [2.75, 3.05) is 18.1 Å². The van der Waals surface area contributed by atoms with Crippen LogP contribution in [0.1, 0.15) is 10.4 Å². The van der Waals surface area contributed by atoms with Gasteiger partial charge in [0.05, 0.1) is 0 Å². The Bertz CT molecular complexity index is 706. The minimum atomic E-state index is -0.505. The van der Waals surface area contributed by atoms with Crippen molar-refractivity contribution in [2.45, 2.75) is 6.42 Å². The standard InChI is InChI=1S/C17H15NO3S/c19-16(18-10-9-13-4-1-2-6-15(13)18)12-21-17(20)8-7-14-5-3-11-22-14/h1-8,11H,9-10,12H2. The number of rotatable bonds is 4. The molecule has 0 fully saturated rings. The zero-order valence-electron chi connectivity index (χ0n) is 11.9. The number of thiophene rings is 1. The number of hydrogen-bond donors (Lipinski definition) is 0. The molecular formula is C17H15NO3S. The molecule has 0 unspecified atom stereocenters. The molecule has 4 nitrogen and oxygen atoms in total. The first-order chi connectivity index (χ1) is 10.7. The Hall–Kier alpha value is -2.40. The first-order valence-corrected chi connectivity index (χ1v) is 7.88. The van der Waals surface area contributed by atoms with Crippen LogP contribution in [-0.4, -0.2) is 25.0 Å². The van der Waals surface area contributed by atoms with Crippen LogP contribution in [-0.2, 0) is 20.7 Å². The molecule has 1 aromatic carbocycles. The van der Waals surface area contributed by atoms with Crippen LogP contribution in [0.3, 0.4) is 0 Å². The summed E-state index contributed by atoms with van der Waals surface area (Å²) in [5, 5.41) is 1.93. The minimum Gasteiger partial charge on any atom is -0.452 e. The van der Waals surface area contributed by atoms with E-state index in [1.807, 2.05) is 41.8 Å². The second kappa shape index (κ2) is 6.58. The largest absolute Gasteiger partial charge is 0.452 e. The third kappa shape index (κ3) is 3.26. The van der Waals surface area contributed by atoms with Crippen LogP contribution >= 0.6 is 11.3 Å². The molecular weight excluding hydrogens is 298 g/mol. The molecule has 3 rings (SSSR count). The summed E-state index contributed by atoms with van der Waals surface area (Å²) in [6.45, 7) is 0.405. The maximum Gasteiger partial charge on any atom is 0.331 e. The third-order valence-corrected chi connectivity index (χ3v) is 4.29. The summed E-state index contributed by atoms with van der Waals surface area (Å²) in [6, 6.07) is 11.6. The van der Waals surface area contributed by atoms with Gasteiger partial charge in [-0.15, -0.1) is 11.3 Å². The molecule has 112 valence electrons. The Balaban J connectivity index is 1.54. The highest BCUT2D eigenvalue weighted by molar-refractivity contribution is 7.10. The van der Waals surface area contributed by atoms with Gasteiger partial charge in [-0.3, -0.25) is 4.79 Å². The Morgan fingerprint density at radius 3 is 2.91 bits per heavy atom. The molecule has 1 aliphatic rings. The summed E-state index contributed by atoms with van der Waals surface area (Å²) < 4.78 is 5.02. The molecule has 22 heavy (non-hydrogen) atoms. The van der Waals surface area contributed by atoms with Crippen molar-refractivity contribution >= 4 is 35.0 Å². The third-order valence-electron chi connectivity index (χ3n) is 3.45. The lowest BCUT2D eigenvalue weighted by Crippen LogP contribution is -2.33. The summed E-state index contributed by atoms with van der Waals surface area (Å²) in [5.74, 6) is -0.697. The number of esters is 1. The molecule has 0 N–H and O–H groups in total. The average Bonchev–Trinajstić information content (AvgIpc) is 3.19. The van der Waals surface area contributed by atoms with E-state index >= 15 is 0 Å². The van der Waals surface area contributed by atoms with E-state index in [-0.39, 0.29) is 12.5 Å². The monoisotopic (exact) mass is 313 g/mol. The topological polar surface area (TPSA) is 46.6 Å². The predicted molar refractivity (Wildman–Crippen MR) is 86.8 cm³/mol. The van der Waals surface area contributed by atoms with Crippen molar-refractivity contribution in [1.29, 1.82) is 0 Å². The van der Waals surface area contributed by atoms with E-state index in [9.17, 15) is 9.59 Å². The van der Waals surface area contributed by atoms with Crippen molar-refractivity contribution < 1.29 is 14.3 Å². The van der Waals surface area contributed by atoms with Crippen molar-refractivity contribution in [1.82, 2.24) is 0 Å². The Kier molecular flexibility index (Phi) is 4.34. The Morgan fingerprint density at radius 1 is 1.23 bits per heavy atom. The highest BCUT2D eigenvalue weighted by Gasteiger charge is 2.24. The van der Waals surface area contributed by atoms with Crippen LogP contribution in [0, 0.1) is 0 Å². The van der Waals surface area contributed by atoms with Crippen LogP contribution < -0.4 is 4.90 Å². The number of hydrogen-bond acceptors (Lipinski definition) is 4. The van der Waals surface area contributed by atoms with Gasteiger partial charge in [-0.25, -0.2) is 4.79 Å². The number of nitrogens with zero attached hydrogens (tertiary/aromatic N) is 1. The van der Waals surface area contributed by atoms with Gasteiger partial charge in [-0.1, -0.05) is 24.3 Å². The molecule has 0 radical (unpaired) electrons. The molecule has 0 saturated carbocycles. The van der Waals surface area contributed by atoms with E-state index in [1.54, 1.807) is 11.0 Å². The van der Waals surface area contributed by atoms with Gasteiger partial charge in [-0.2, -0.15) is 0 Å². The molecule has 0 aliphatic carbocycles. The molecule has 5 heteroatoms. The number of carbonyl (C=O) groups is 2. The van der Waals surface area contributed by atoms with Gasteiger partial charge in [-0.05, 0) is 35.6 Å². The number of amides is 1. The van der Waals surface area contributed by atoms with E-state index in [2.05, 4.69) is 0 Å². The summed E-state index contributed by atoms with van der Waals surface area (Å²) >= 11 is 1.53. The molecule has 1 amide bonds. The molecule has 2 heterocycles. The smallest absolute Gasteiger partial charge is 0.331 e.